The van der Waals surface area contributed by atoms with E-state index in [-0.39, 0.29) is 17.3 Å². The van der Waals surface area contributed by atoms with Crippen molar-refractivity contribution >= 4 is 29.0 Å². The molecule has 0 amide bonds. The minimum Gasteiger partial charge on any atom is -0.475 e. The van der Waals surface area contributed by atoms with Crippen LogP contribution in [0.25, 0.3) is 11.2 Å². The lowest BCUT2D eigenvalue weighted by atomic mass is 10.4. The number of hydrogen-bond acceptors (Lipinski definition) is 9. The van der Waals surface area contributed by atoms with E-state index in [9.17, 15) is 14.4 Å². The fraction of sp³-hybridized carbons (Fsp3) is 0.500. The van der Waals surface area contributed by atoms with Crippen LogP contribution in [0, 0.1) is 0 Å². The van der Waals surface area contributed by atoms with E-state index in [0.717, 1.165) is 38.5 Å². The Balaban J connectivity index is 0.000000239. The third-order valence-electron chi connectivity index (χ3n) is 4.54. The largest absolute Gasteiger partial charge is 0.475 e. The third kappa shape index (κ3) is 4.17. The first-order chi connectivity index (χ1) is 14.3. The quantitative estimate of drug-likeness (QED) is 0.326. The Bertz CT molecular complexity index is 1150. The number of aromatic nitrogens is 7. The lowest BCUT2D eigenvalue weighted by molar-refractivity contribution is 0.0684. The number of H-pyrrole nitrogens is 2. The zero-order valence-corrected chi connectivity index (χ0v) is 16.7. The number of aromatic carboxylic acids is 1. The molecule has 0 atom stereocenters. The summed E-state index contributed by atoms with van der Waals surface area (Å²) < 4.78 is 3.33. The second-order valence-electron chi connectivity index (χ2n) is 6.64. The number of rotatable bonds is 4. The highest BCUT2D eigenvalue weighted by Crippen LogP contribution is 2.20. The minimum atomic E-state index is -1.17. The van der Waals surface area contributed by atoms with Crippen molar-refractivity contribution < 1.29 is 9.90 Å². The molecular weight excluding hydrogens is 396 g/mol. The number of anilines is 2. The zero-order chi connectivity index (χ0) is 21.8. The molecule has 1 saturated heterocycles. The van der Waals surface area contributed by atoms with E-state index >= 15 is 0 Å². The summed E-state index contributed by atoms with van der Waals surface area (Å²) in [6.45, 7) is 6.24. The summed E-state index contributed by atoms with van der Waals surface area (Å²) in [5.41, 5.74) is 5.13. The maximum Gasteiger partial charge on any atom is 0.373 e. The molecule has 1 aliphatic heterocycles. The number of nitrogens with two attached hydrogens (primary N) is 1. The monoisotopic (exact) mass is 420 g/mol. The van der Waals surface area contributed by atoms with Gasteiger partial charge in [0.2, 0.25) is 17.7 Å². The van der Waals surface area contributed by atoms with Gasteiger partial charge in [-0.25, -0.2) is 9.59 Å². The van der Waals surface area contributed by atoms with Crippen molar-refractivity contribution in [1.29, 1.82) is 0 Å². The number of aromatic amines is 2. The van der Waals surface area contributed by atoms with Crippen molar-refractivity contribution in [2.24, 2.45) is 7.05 Å². The van der Waals surface area contributed by atoms with E-state index in [2.05, 4.69) is 42.3 Å². The van der Waals surface area contributed by atoms with Crippen molar-refractivity contribution in [3.8, 4) is 0 Å². The van der Waals surface area contributed by atoms with Crippen molar-refractivity contribution in [2.45, 2.75) is 19.9 Å². The van der Waals surface area contributed by atoms with Crippen LogP contribution in [0.3, 0.4) is 0 Å². The smallest absolute Gasteiger partial charge is 0.373 e. The summed E-state index contributed by atoms with van der Waals surface area (Å²) >= 11 is 0. The summed E-state index contributed by atoms with van der Waals surface area (Å²) in [6, 6.07) is 0. The molecule has 0 aromatic carbocycles. The van der Waals surface area contributed by atoms with Gasteiger partial charge in [-0.05, 0) is 6.42 Å². The van der Waals surface area contributed by atoms with Gasteiger partial charge in [0.25, 0.3) is 5.56 Å². The van der Waals surface area contributed by atoms with E-state index in [1.54, 1.807) is 7.05 Å². The molecule has 0 radical (unpaired) electrons. The van der Waals surface area contributed by atoms with Gasteiger partial charge in [0.15, 0.2) is 11.2 Å². The van der Waals surface area contributed by atoms with Gasteiger partial charge in [-0.3, -0.25) is 19.4 Å². The lowest BCUT2D eigenvalue weighted by Gasteiger charge is -2.28. The first kappa shape index (κ1) is 21.0. The van der Waals surface area contributed by atoms with Gasteiger partial charge >= 0.3 is 11.7 Å². The molecule has 3 aromatic heterocycles. The number of nitrogens with one attached hydrogen (secondary N) is 3. The Hall–Kier alpha value is -3.68. The number of carboxylic acid groups (broad SMARTS) is 1. The number of imidazole rings is 1. The molecule has 0 unspecified atom stereocenters. The van der Waals surface area contributed by atoms with Crippen LogP contribution < -0.4 is 27.2 Å². The van der Waals surface area contributed by atoms with Crippen LogP contribution in [0.2, 0.25) is 0 Å². The Labute approximate surface area is 169 Å². The van der Waals surface area contributed by atoms with Crippen LogP contribution >= 0.6 is 0 Å². The number of aryl methyl sites for hydroxylation is 2. The van der Waals surface area contributed by atoms with Crippen molar-refractivity contribution in [1.82, 2.24) is 39.6 Å². The zero-order valence-electron chi connectivity index (χ0n) is 16.7. The molecule has 0 aliphatic carbocycles. The molecule has 0 bridgehead atoms. The number of hydrogen-bond donors (Lipinski definition) is 5. The second kappa shape index (κ2) is 8.77. The van der Waals surface area contributed by atoms with Gasteiger partial charge in [-0.15, -0.1) is 5.10 Å². The second-order valence-corrected chi connectivity index (χ2v) is 6.64. The minimum absolute atomic E-state index is 0.0626. The Kier molecular flexibility index (Phi) is 6.15. The molecule has 0 saturated carbocycles. The number of carbonyl (C=O) groups is 1. The molecular formula is C16H24N10O4. The molecule has 1 aliphatic rings. The highest BCUT2D eigenvalue weighted by atomic mass is 16.4. The molecule has 14 heteroatoms. The summed E-state index contributed by atoms with van der Waals surface area (Å²) in [5.74, 6) is -0.695. The van der Waals surface area contributed by atoms with Gasteiger partial charge in [0.1, 0.15) is 0 Å². The molecule has 30 heavy (non-hydrogen) atoms. The third-order valence-corrected chi connectivity index (χ3v) is 4.54. The number of fused-ring (bicyclic) bond motifs is 1. The van der Waals surface area contributed by atoms with E-state index in [1.807, 2.05) is 4.57 Å². The summed E-state index contributed by atoms with van der Waals surface area (Å²) in [7, 11) is 1.63. The van der Waals surface area contributed by atoms with E-state index in [4.69, 9.17) is 10.8 Å². The molecule has 4 rings (SSSR count). The van der Waals surface area contributed by atoms with Gasteiger partial charge in [-0.1, -0.05) is 6.92 Å². The standard InChI is InChI=1S/C13H20N6O2.C3H4N4O2/c1-3-6-19-9-10(17(2)13(21)16-11(9)20)15-12(19)18-7-4-14-5-8-18;4-3-5-1(2(8)9)6-7-3/h14H,3-8H2,1-2H3,(H,16,20,21);(H,8,9)(H3,4,5,6,7). The predicted molar refractivity (Wildman–Crippen MR) is 109 cm³/mol. The average Bonchev–Trinajstić information content (AvgIpc) is 3.32. The number of piperazine rings is 1. The SMILES string of the molecule is CCCn1c(N2CCNCC2)nc2c1c(=O)[nH]c(=O)n2C.Nc1n[nH]c(C(=O)O)n1. The number of carboxylic acids is 1. The molecule has 162 valence electrons. The summed E-state index contributed by atoms with van der Waals surface area (Å²) in [6.07, 6.45) is 0.896. The maximum absolute atomic E-state index is 12.2. The van der Waals surface area contributed by atoms with Gasteiger partial charge in [0.05, 0.1) is 0 Å². The Morgan fingerprint density at radius 3 is 2.47 bits per heavy atom. The molecule has 0 spiro atoms. The van der Waals surface area contributed by atoms with Crippen LogP contribution in [-0.2, 0) is 13.6 Å². The molecule has 14 nitrogen and oxygen atoms in total. The number of nitrogens with zero attached hydrogens (tertiary/aromatic N) is 6. The molecule has 6 N–H and O–H groups in total. The van der Waals surface area contributed by atoms with Gasteiger partial charge < -0.3 is 25.6 Å². The van der Waals surface area contributed by atoms with E-state index < -0.39 is 11.7 Å². The number of nitrogen functional groups attached to an aromatic ring is 1. The highest BCUT2D eigenvalue weighted by molar-refractivity contribution is 5.83. The van der Waals surface area contributed by atoms with Crippen LogP contribution in [0.1, 0.15) is 24.0 Å². The first-order valence-corrected chi connectivity index (χ1v) is 9.39. The molecule has 3 aromatic rings. The first-order valence-electron chi connectivity index (χ1n) is 9.39. The molecule has 1 fully saturated rings. The van der Waals surface area contributed by atoms with Crippen LogP contribution in [0.5, 0.6) is 0 Å². The van der Waals surface area contributed by atoms with Crippen molar-refractivity contribution in [2.75, 3.05) is 36.8 Å². The highest BCUT2D eigenvalue weighted by Gasteiger charge is 2.22. The van der Waals surface area contributed by atoms with E-state index in [0.29, 0.717) is 17.7 Å². The maximum atomic E-state index is 12.2. The topological polar surface area (TPSA) is 193 Å². The predicted octanol–water partition coefficient (Wildman–Crippen LogP) is -1.67. The van der Waals surface area contributed by atoms with Crippen LogP contribution in [-0.4, -0.2) is 71.5 Å². The van der Waals surface area contributed by atoms with Crippen molar-refractivity contribution in [3.05, 3.63) is 26.7 Å². The van der Waals surface area contributed by atoms with Gasteiger partial charge in [-0.2, -0.15) is 9.97 Å². The lowest BCUT2D eigenvalue weighted by Crippen LogP contribution is -2.44. The van der Waals surface area contributed by atoms with Crippen LogP contribution in [0.4, 0.5) is 11.9 Å². The Morgan fingerprint density at radius 2 is 1.93 bits per heavy atom. The Morgan fingerprint density at radius 1 is 1.23 bits per heavy atom. The summed E-state index contributed by atoms with van der Waals surface area (Å²) in [4.78, 5) is 46.4. The van der Waals surface area contributed by atoms with Gasteiger partial charge in [0, 0.05) is 39.8 Å². The fourth-order valence-electron chi connectivity index (χ4n) is 3.14. The van der Waals surface area contributed by atoms with Crippen LogP contribution in [0.15, 0.2) is 9.59 Å². The van der Waals surface area contributed by atoms with E-state index in [1.165, 1.54) is 4.57 Å². The average molecular weight is 420 g/mol. The molecule has 4 heterocycles. The summed E-state index contributed by atoms with van der Waals surface area (Å²) in [5, 5.41) is 16.9. The normalized spacial score (nSPS) is 13.9. The van der Waals surface area contributed by atoms with Crippen molar-refractivity contribution in [3.63, 3.8) is 0 Å². The fourth-order valence-corrected chi connectivity index (χ4v) is 3.14.